The van der Waals surface area contributed by atoms with E-state index < -0.39 is 0 Å². The molecular weight excluding hydrogens is 332 g/mol. The summed E-state index contributed by atoms with van der Waals surface area (Å²) >= 11 is 0. The van der Waals surface area contributed by atoms with Gasteiger partial charge < -0.3 is 20.1 Å². The summed E-state index contributed by atoms with van der Waals surface area (Å²) in [5, 5.41) is 6.13. The first-order chi connectivity index (χ1) is 11.2. The molecule has 7 heteroatoms. The van der Waals surface area contributed by atoms with Crippen LogP contribution < -0.4 is 15.4 Å². The van der Waals surface area contributed by atoms with E-state index >= 15 is 0 Å². The number of esters is 1. The van der Waals surface area contributed by atoms with Crippen LogP contribution in [0.15, 0.2) is 24.3 Å². The minimum absolute atomic E-state index is 0. The summed E-state index contributed by atoms with van der Waals surface area (Å²) in [5.74, 6) is 0.489. The summed E-state index contributed by atoms with van der Waals surface area (Å²) < 4.78 is 10.1. The van der Waals surface area contributed by atoms with Crippen LogP contribution in [0.5, 0.6) is 5.75 Å². The Morgan fingerprint density at radius 2 is 2.00 bits per heavy atom. The first-order valence-corrected chi connectivity index (χ1v) is 8.03. The number of piperidine rings is 1. The fourth-order valence-electron chi connectivity index (χ4n) is 2.45. The van der Waals surface area contributed by atoms with Gasteiger partial charge in [-0.3, -0.25) is 9.59 Å². The Kier molecular flexibility index (Phi) is 9.19. The molecule has 0 radical (unpaired) electrons. The monoisotopic (exact) mass is 356 g/mol. The molecule has 1 heterocycles. The maximum atomic E-state index is 12.1. The number of amides is 1. The predicted octanol–water partition coefficient (Wildman–Crippen LogP) is 2.52. The zero-order valence-electron chi connectivity index (χ0n) is 13.9. The maximum absolute atomic E-state index is 12.1. The highest BCUT2D eigenvalue weighted by Crippen LogP contribution is 2.17. The minimum atomic E-state index is -0.233. The van der Waals surface area contributed by atoms with Crippen molar-refractivity contribution in [2.75, 3.05) is 25.6 Å². The van der Waals surface area contributed by atoms with Crippen LogP contribution in [0.25, 0.3) is 0 Å². The van der Waals surface area contributed by atoms with Crippen molar-refractivity contribution >= 4 is 30.0 Å². The number of hydrogen-bond acceptors (Lipinski definition) is 5. The largest absolute Gasteiger partial charge is 0.494 e. The van der Waals surface area contributed by atoms with E-state index in [1.807, 2.05) is 24.3 Å². The highest BCUT2D eigenvalue weighted by molar-refractivity contribution is 5.94. The number of hydrogen-bond donors (Lipinski definition) is 2. The third-order valence-electron chi connectivity index (χ3n) is 3.77. The molecule has 1 aliphatic rings. The zero-order valence-corrected chi connectivity index (χ0v) is 14.7. The molecule has 1 saturated heterocycles. The second kappa shape index (κ2) is 10.9. The minimum Gasteiger partial charge on any atom is -0.494 e. The van der Waals surface area contributed by atoms with Gasteiger partial charge in [-0.25, -0.2) is 0 Å². The zero-order chi connectivity index (χ0) is 16.5. The summed E-state index contributed by atoms with van der Waals surface area (Å²) in [6.07, 6.45) is 4.06. The molecular formula is C17H25ClN2O4. The Balaban J connectivity index is 0.00000288. The van der Waals surface area contributed by atoms with Gasteiger partial charge in [0.15, 0.2) is 0 Å². The predicted molar refractivity (Wildman–Crippen MR) is 94.7 cm³/mol. The first-order valence-electron chi connectivity index (χ1n) is 8.03. The highest BCUT2D eigenvalue weighted by Gasteiger charge is 2.20. The van der Waals surface area contributed by atoms with Crippen molar-refractivity contribution < 1.29 is 19.1 Å². The van der Waals surface area contributed by atoms with Crippen molar-refractivity contribution in [3.05, 3.63) is 24.3 Å². The fourth-order valence-corrected chi connectivity index (χ4v) is 2.45. The molecule has 0 bridgehead atoms. The van der Waals surface area contributed by atoms with Crippen LogP contribution in [0.2, 0.25) is 0 Å². The second-order valence-electron chi connectivity index (χ2n) is 5.54. The molecule has 1 fully saturated rings. The number of halogens is 1. The maximum Gasteiger partial charge on any atom is 0.305 e. The SMILES string of the molecule is COC(=O)CCCOc1ccc(NC(=O)C2CCCCN2)cc1.Cl. The molecule has 0 saturated carbocycles. The van der Waals surface area contributed by atoms with Crippen molar-refractivity contribution in [2.24, 2.45) is 0 Å². The molecule has 2 rings (SSSR count). The summed E-state index contributed by atoms with van der Waals surface area (Å²) in [5.41, 5.74) is 0.754. The van der Waals surface area contributed by atoms with Crippen LogP contribution in [0, 0.1) is 0 Å². The first kappa shape index (κ1) is 20.3. The molecule has 0 aliphatic carbocycles. The van der Waals surface area contributed by atoms with Gasteiger partial charge in [-0.05, 0) is 50.1 Å². The van der Waals surface area contributed by atoms with Crippen LogP contribution in [0.4, 0.5) is 5.69 Å². The van der Waals surface area contributed by atoms with Crippen LogP contribution in [0.3, 0.4) is 0 Å². The van der Waals surface area contributed by atoms with Crippen molar-refractivity contribution in [3.63, 3.8) is 0 Å². The van der Waals surface area contributed by atoms with E-state index in [-0.39, 0.29) is 30.3 Å². The molecule has 1 aliphatic heterocycles. The van der Waals surface area contributed by atoms with Gasteiger partial charge in [0.05, 0.1) is 19.8 Å². The van der Waals surface area contributed by atoms with Crippen LogP contribution in [0.1, 0.15) is 32.1 Å². The molecule has 0 aromatic heterocycles. The van der Waals surface area contributed by atoms with Gasteiger partial charge in [0.2, 0.25) is 5.91 Å². The summed E-state index contributed by atoms with van der Waals surface area (Å²) in [7, 11) is 1.37. The highest BCUT2D eigenvalue weighted by atomic mass is 35.5. The van der Waals surface area contributed by atoms with Crippen molar-refractivity contribution in [1.82, 2.24) is 5.32 Å². The van der Waals surface area contributed by atoms with Gasteiger partial charge in [0.25, 0.3) is 0 Å². The number of nitrogens with one attached hydrogen (secondary N) is 2. The Bertz CT molecular complexity index is 516. The van der Waals surface area contributed by atoms with Crippen molar-refractivity contribution in [2.45, 2.75) is 38.1 Å². The van der Waals surface area contributed by atoms with Gasteiger partial charge in [0, 0.05) is 12.1 Å². The number of rotatable bonds is 7. The second-order valence-corrected chi connectivity index (χ2v) is 5.54. The van der Waals surface area contributed by atoms with Gasteiger partial charge >= 0.3 is 5.97 Å². The van der Waals surface area contributed by atoms with Gasteiger partial charge in [-0.1, -0.05) is 6.42 Å². The lowest BCUT2D eigenvalue weighted by Gasteiger charge is -2.22. The van der Waals surface area contributed by atoms with Crippen molar-refractivity contribution in [3.8, 4) is 5.75 Å². The van der Waals surface area contributed by atoms with E-state index in [4.69, 9.17) is 4.74 Å². The standard InChI is InChI=1S/C17H24N2O4.ClH/c1-22-16(20)6-4-12-23-14-9-7-13(8-10-14)19-17(21)15-5-2-3-11-18-15;/h7-10,15,18H,2-6,11-12H2,1H3,(H,19,21);1H. The third kappa shape index (κ3) is 6.76. The Hall–Kier alpha value is -1.79. The van der Waals surface area contributed by atoms with Crippen LogP contribution >= 0.6 is 12.4 Å². The quantitative estimate of drug-likeness (QED) is 0.580. The van der Waals surface area contributed by atoms with E-state index in [0.717, 1.165) is 31.5 Å². The number of anilines is 1. The van der Waals surface area contributed by atoms with Gasteiger partial charge in [-0.2, -0.15) is 0 Å². The molecule has 0 spiro atoms. The smallest absolute Gasteiger partial charge is 0.305 e. The molecule has 2 N–H and O–H groups in total. The number of carbonyl (C=O) groups excluding carboxylic acids is 2. The lowest BCUT2D eigenvalue weighted by molar-refractivity contribution is -0.140. The Morgan fingerprint density at radius 1 is 1.25 bits per heavy atom. The molecule has 1 amide bonds. The lowest BCUT2D eigenvalue weighted by Crippen LogP contribution is -2.43. The van der Waals surface area contributed by atoms with Crippen LogP contribution in [-0.2, 0) is 14.3 Å². The normalized spacial score (nSPS) is 16.6. The van der Waals surface area contributed by atoms with E-state index in [2.05, 4.69) is 15.4 Å². The average molecular weight is 357 g/mol. The fraction of sp³-hybridized carbons (Fsp3) is 0.529. The van der Waals surface area contributed by atoms with Crippen molar-refractivity contribution in [1.29, 1.82) is 0 Å². The van der Waals surface area contributed by atoms with E-state index in [1.54, 1.807) is 0 Å². The molecule has 1 aromatic carbocycles. The average Bonchev–Trinajstić information content (AvgIpc) is 2.60. The molecule has 134 valence electrons. The molecule has 6 nitrogen and oxygen atoms in total. The van der Waals surface area contributed by atoms with E-state index in [0.29, 0.717) is 25.2 Å². The van der Waals surface area contributed by atoms with Gasteiger partial charge in [0.1, 0.15) is 5.75 Å². The lowest BCUT2D eigenvalue weighted by atomic mass is 10.0. The molecule has 1 atom stereocenters. The third-order valence-corrected chi connectivity index (χ3v) is 3.77. The molecule has 24 heavy (non-hydrogen) atoms. The summed E-state index contributed by atoms with van der Waals surface area (Å²) in [4.78, 5) is 23.1. The number of carbonyl (C=O) groups is 2. The van der Waals surface area contributed by atoms with E-state index in [9.17, 15) is 9.59 Å². The molecule has 1 unspecified atom stereocenters. The van der Waals surface area contributed by atoms with Gasteiger partial charge in [-0.15, -0.1) is 12.4 Å². The summed E-state index contributed by atoms with van der Waals surface area (Å²) in [6, 6.07) is 7.15. The number of benzene rings is 1. The Labute approximate surface area is 148 Å². The Morgan fingerprint density at radius 3 is 2.62 bits per heavy atom. The van der Waals surface area contributed by atoms with Crippen LogP contribution in [-0.4, -0.2) is 38.2 Å². The summed E-state index contributed by atoms with van der Waals surface area (Å²) in [6.45, 7) is 1.35. The molecule has 1 aromatic rings. The topological polar surface area (TPSA) is 76.7 Å². The number of methoxy groups -OCH3 is 1. The van der Waals surface area contributed by atoms with E-state index in [1.165, 1.54) is 7.11 Å². The number of ether oxygens (including phenoxy) is 2.